The minimum absolute atomic E-state index is 0.0271. The molecule has 1 aliphatic heterocycles. The van der Waals surface area contributed by atoms with Gasteiger partial charge in [0.15, 0.2) is 11.5 Å². The van der Waals surface area contributed by atoms with Gasteiger partial charge < -0.3 is 24.9 Å². The molecule has 0 saturated heterocycles. The van der Waals surface area contributed by atoms with Crippen molar-refractivity contribution in [2.75, 3.05) is 13.2 Å². The van der Waals surface area contributed by atoms with Gasteiger partial charge in [0.2, 0.25) is 0 Å². The highest BCUT2D eigenvalue weighted by Crippen LogP contribution is 2.30. The number of fused-ring (bicyclic) bond motifs is 1. The first-order chi connectivity index (χ1) is 9.48. The van der Waals surface area contributed by atoms with E-state index in [2.05, 4.69) is 0 Å². The summed E-state index contributed by atoms with van der Waals surface area (Å²) in [6, 6.07) is 5.51. The molecule has 0 saturated carbocycles. The van der Waals surface area contributed by atoms with Gasteiger partial charge in [0, 0.05) is 5.46 Å². The molecule has 1 unspecified atom stereocenters. The van der Waals surface area contributed by atoms with Gasteiger partial charge in [-0.3, -0.25) is 0 Å². The van der Waals surface area contributed by atoms with Crippen LogP contribution in [0.15, 0.2) is 12.1 Å². The Kier molecular flexibility index (Phi) is 4.19. The summed E-state index contributed by atoms with van der Waals surface area (Å²) < 4.78 is 16.3. The van der Waals surface area contributed by atoms with Crippen LogP contribution in [0.25, 0.3) is 0 Å². The Bertz CT molecular complexity index is 542. The summed E-state index contributed by atoms with van der Waals surface area (Å²) in [5, 5.41) is 18.7. The fourth-order valence-electron chi connectivity index (χ4n) is 1.94. The summed E-state index contributed by atoms with van der Waals surface area (Å²) in [7, 11) is -1.02. The average Bonchev–Trinajstić information content (AvgIpc) is 2.80. The predicted octanol–water partition coefficient (Wildman–Crippen LogP) is -0.0772. The summed E-state index contributed by atoms with van der Waals surface area (Å²) in [5.74, 6) is 0.894. The molecule has 1 heterocycles. The molecule has 3 N–H and O–H groups in total. The molecule has 6 nitrogen and oxygen atoms in total. The highest BCUT2D eigenvalue weighted by atomic mass is 16.5. The second-order valence-electron chi connectivity index (χ2n) is 4.88. The Labute approximate surface area is 118 Å². The van der Waals surface area contributed by atoms with Crippen LogP contribution in [0.5, 0.6) is 11.5 Å². The largest absolute Gasteiger partial charge is 0.495 e. The number of ether oxygens (including phenoxy) is 2. The highest BCUT2D eigenvalue weighted by Gasteiger charge is 2.33. The van der Waals surface area contributed by atoms with Crippen molar-refractivity contribution in [1.82, 2.24) is 0 Å². The molecule has 1 aromatic carbocycles. The fraction of sp³-hybridized carbons (Fsp3) is 0.462. The minimum Gasteiger partial charge on any atom is -0.490 e. The van der Waals surface area contributed by atoms with Crippen LogP contribution < -0.4 is 20.7 Å². The van der Waals surface area contributed by atoms with Crippen molar-refractivity contribution < 1.29 is 19.2 Å². The van der Waals surface area contributed by atoms with Crippen LogP contribution in [0, 0.1) is 11.3 Å². The number of nitriles is 1. The van der Waals surface area contributed by atoms with E-state index in [1.807, 2.05) is 19.1 Å². The SMILES string of the molecule is CCOc1c(OCC(C)(N)C#N)ccc2c1B(O)OC2. The van der Waals surface area contributed by atoms with Crippen LogP contribution in [0.1, 0.15) is 19.4 Å². The monoisotopic (exact) mass is 276 g/mol. The lowest BCUT2D eigenvalue weighted by molar-refractivity contribution is 0.244. The van der Waals surface area contributed by atoms with E-state index >= 15 is 0 Å². The third kappa shape index (κ3) is 2.88. The summed E-state index contributed by atoms with van der Waals surface area (Å²) in [4.78, 5) is 0. The lowest BCUT2D eigenvalue weighted by Gasteiger charge is -2.19. The molecular formula is C13H17BN2O4. The van der Waals surface area contributed by atoms with Gasteiger partial charge in [-0.25, -0.2) is 0 Å². The molecule has 0 spiro atoms. The minimum atomic E-state index is -1.09. The molecule has 7 heteroatoms. The molecule has 1 aromatic rings. The number of rotatable bonds is 5. The van der Waals surface area contributed by atoms with Crippen LogP contribution in [0.2, 0.25) is 0 Å². The van der Waals surface area contributed by atoms with Crippen molar-refractivity contribution in [3.63, 3.8) is 0 Å². The van der Waals surface area contributed by atoms with Crippen molar-refractivity contribution in [3.05, 3.63) is 17.7 Å². The quantitative estimate of drug-likeness (QED) is 0.730. The molecule has 1 aliphatic rings. The van der Waals surface area contributed by atoms with E-state index < -0.39 is 12.7 Å². The number of nitrogens with two attached hydrogens (primary N) is 1. The number of hydrogen-bond donors (Lipinski definition) is 2. The lowest BCUT2D eigenvalue weighted by atomic mass is 9.78. The van der Waals surface area contributed by atoms with Crippen LogP contribution in [0.3, 0.4) is 0 Å². The van der Waals surface area contributed by atoms with E-state index in [9.17, 15) is 5.02 Å². The van der Waals surface area contributed by atoms with Gasteiger partial charge in [-0.05, 0) is 25.5 Å². The average molecular weight is 276 g/mol. The highest BCUT2D eigenvalue weighted by molar-refractivity contribution is 6.62. The molecule has 0 radical (unpaired) electrons. The topological polar surface area (TPSA) is 97.7 Å². The lowest BCUT2D eigenvalue weighted by Crippen LogP contribution is -2.41. The maximum Gasteiger partial charge on any atom is 0.495 e. The maximum absolute atomic E-state index is 9.85. The molecule has 0 aromatic heterocycles. The third-order valence-electron chi connectivity index (χ3n) is 2.97. The van der Waals surface area contributed by atoms with E-state index in [1.54, 1.807) is 13.0 Å². The van der Waals surface area contributed by atoms with E-state index in [0.717, 1.165) is 5.56 Å². The van der Waals surface area contributed by atoms with Crippen molar-refractivity contribution >= 4 is 12.6 Å². The van der Waals surface area contributed by atoms with Gasteiger partial charge >= 0.3 is 7.12 Å². The van der Waals surface area contributed by atoms with E-state index in [-0.39, 0.29) is 6.61 Å². The molecule has 0 amide bonds. The number of benzene rings is 1. The summed E-state index contributed by atoms with van der Waals surface area (Å²) in [6.07, 6.45) is 0. The Hall–Kier alpha value is -1.75. The van der Waals surface area contributed by atoms with Crippen LogP contribution in [0.4, 0.5) is 0 Å². The van der Waals surface area contributed by atoms with Gasteiger partial charge in [0.1, 0.15) is 12.1 Å². The zero-order valence-electron chi connectivity index (χ0n) is 11.5. The molecule has 106 valence electrons. The van der Waals surface area contributed by atoms with Crippen LogP contribution in [-0.2, 0) is 11.3 Å². The van der Waals surface area contributed by atoms with Gasteiger partial charge in [-0.1, -0.05) is 6.07 Å². The molecule has 2 rings (SSSR count). The molecule has 0 fully saturated rings. The molecule has 1 atom stereocenters. The number of hydrogen-bond acceptors (Lipinski definition) is 6. The van der Waals surface area contributed by atoms with E-state index in [0.29, 0.717) is 30.2 Å². The zero-order valence-corrected chi connectivity index (χ0v) is 11.5. The van der Waals surface area contributed by atoms with E-state index in [1.165, 1.54) is 0 Å². The summed E-state index contributed by atoms with van der Waals surface area (Å²) in [5.41, 5.74) is 6.09. The second kappa shape index (κ2) is 5.71. The Balaban J connectivity index is 2.30. The first-order valence-corrected chi connectivity index (χ1v) is 6.39. The van der Waals surface area contributed by atoms with Crippen molar-refractivity contribution in [1.29, 1.82) is 5.26 Å². The zero-order chi connectivity index (χ0) is 14.8. The fourth-order valence-corrected chi connectivity index (χ4v) is 1.94. The normalized spacial score (nSPS) is 16.2. The van der Waals surface area contributed by atoms with Gasteiger partial charge in [-0.15, -0.1) is 0 Å². The summed E-state index contributed by atoms with van der Waals surface area (Å²) >= 11 is 0. The van der Waals surface area contributed by atoms with Crippen LogP contribution >= 0.6 is 0 Å². The predicted molar refractivity (Wildman–Crippen MR) is 73.7 cm³/mol. The first-order valence-electron chi connectivity index (χ1n) is 6.39. The Morgan fingerprint density at radius 2 is 2.30 bits per heavy atom. The van der Waals surface area contributed by atoms with Gasteiger partial charge in [-0.2, -0.15) is 5.26 Å². The standard InChI is InChI=1S/C13H17BN2O4/c1-3-18-12-10(19-8-13(2,16)7-15)5-4-9-6-20-14(17)11(9)12/h4-5,17H,3,6,8,16H2,1-2H3. The maximum atomic E-state index is 9.85. The Morgan fingerprint density at radius 1 is 1.55 bits per heavy atom. The first kappa shape index (κ1) is 14.7. The molecular weight excluding hydrogens is 259 g/mol. The molecule has 0 aliphatic carbocycles. The third-order valence-corrected chi connectivity index (χ3v) is 2.97. The van der Waals surface area contributed by atoms with Crippen molar-refractivity contribution in [2.45, 2.75) is 26.0 Å². The summed E-state index contributed by atoms with van der Waals surface area (Å²) in [6.45, 7) is 4.22. The van der Waals surface area contributed by atoms with Crippen molar-refractivity contribution in [3.8, 4) is 17.6 Å². The smallest absolute Gasteiger partial charge is 0.490 e. The number of nitrogens with zero attached hydrogens (tertiary/aromatic N) is 1. The van der Waals surface area contributed by atoms with Crippen molar-refractivity contribution in [2.24, 2.45) is 5.73 Å². The van der Waals surface area contributed by atoms with Gasteiger partial charge in [0.25, 0.3) is 0 Å². The Morgan fingerprint density at radius 3 is 2.95 bits per heavy atom. The molecule has 0 bridgehead atoms. The second-order valence-corrected chi connectivity index (χ2v) is 4.88. The van der Waals surface area contributed by atoms with Gasteiger partial charge in [0.05, 0.1) is 19.3 Å². The van der Waals surface area contributed by atoms with E-state index in [4.69, 9.17) is 25.1 Å². The molecule has 20 heavy (non-hydrogen) atoms. The van der Waals surface area contributed by atoms with Crippen LogP contribution in [-0.4, -0.2) is 30.9 Å².